The molecular weight excluding hydrogens is 462 g/mol. The van der Waals surface area contributed by atoms with Crippen LogP contribution in [0.25, 0.3) is 11.3 Å². The van der Waals surface area contributed by atoms with Gasteiger partial charge in [-0.15, -0.1) is 15.3 Å². The van der Waals surface area contributed by atoms with Crippen LogP contribution in [0.1, 0.15) is 52.7 Å². The average molecular weight is 487 g/mol. The van der Waals surface area contributed by atoms with Crippen LogP contribution in [0.5, 0.6) is 0 Å². The summed E-state index contributed by atoms with van der Waals surface area (Å²) in [5, 5.41) is 22.8. The zero-order valence-corrected chi connectivity index (χ0v) is 18.6. The Bertz CT molecular complexity index is 1430. The minimum Gasteiger partial charge on any atom is -0.363 e. The molecule has 2 amide bonds. The Kier molecular flexibility index (Phi) is 4.65. The number of hydrogen-bond donors (Lipinski definition) is 3. The van der Waals surface area contributed by atoms with Crippen molar-refractivity contribution in [2.75, 3.05) is 29.6 Å². The fourth-order valence-corrected chi connectivity index (χ4v) is 3.97. The van der Waals surface area contributed by atoms with Crippen LogP contribution in [0.2, 0.25) is 0 Å². The first kappa shape index (κ1) is 19.1. The lowest BCUT2D eigenvalue weighted by Gasteiger charge is -2.34. The monoisotopic (exact) mass is 487 g/mol. The second-order valence-electron chi connectivity index (χ2n) is 8.22. The first-order valence-electron chi connectivity index (χ1n) is 12.2. The number of pyridine rings is 1. The highest BCUT2D eigenvalue weighted by molar-refractivity contribution is 6.00. The molecular formula is C21H22F2N10O2. The highest BCUT2D eigenvalue weighted by atomic mass is 19.3. The van der Waals surface area contributed by atoms with Gasteiger partial charge >= 0.3 is 6.55 Å². The fraction of sp³-hybridized carbons (Fsp3) is 0.381. The number of nitrogens with zero attached hydrogens (tertiary/aromatic N) is 7. The van der Waals surface area contributed by atoms with E-state index in [-0.39, 0.29) is 46.2 Å². The molecule has 2 aliphatic rings. The van der Waals surface area contributed by atoms with Crippen LogP contribution in [0.4, 0.5) is 31.8 Å². The van der Waals surface area contributed by atoms with E-state index in [1.165, 1.54) is 12.3 Å². The minimum absolute atomic E-state index is 0.0110. The van der Waals surface area contributed by atoms with Gasteiger partial charge in [0.25, 0.3) is 5.91 Å². The Morgan fingerprint density at radius 3 is 2.77 bits per heavy atom. The Hall–Kier alpha value is -4.23. The number of alkyl halides is 2. The van der Waals surface area contributed by atoms with Crippen LogP contribution in [0, 0.1) is 5.92 Å². The van der Waals surface area contributed by atoms with Gasteiger partial charge in [0.2, 0.25) is 5.91 Å². The van der Waals surface area contributed by atoms with Crippen LogP contribution in [-0.2, 0) is 4.79 Å². The number of hydrogen-bond acceptors (Lipinski definition) is 9. The highest BCUT2D eigenvalue weighted by Crippen LogP contribution is 2.46. The summed E-state index contributed by atoms with van der Waals surface area (Å²) in [4.78, 5) is 31.0. The molecule has 182 valence electrons. The van der Waals surface area contributed by atoms with Crippen molar-refractivity contribution in [3.8, 4) is 11.3 Å². The average Bonchev–Trinajstić information content (AvgIpc) is 3.59. The van der Waals surface area contributed by atoms with Crippen LogP contribution < -0.4 is 20.9 Å². The summed E-state index contributed by atoms with van der Waals surface area (Å²) in [6, 6.07) is 2.36. The zero-order valence-electron chi connectivity index (χ0n) is 21.6. The maximum atomic E-state index is 13.5. The molecule has 0 bridgehead atoms. The van der Waals surface area contributed by atoms with Crippen molar-refractivity contribution in [2.24, 2.45) is 5.92 Å². The topological polar surface area (TPSA) is 143 Å². The van der Waals surface area contributed by atoms with E-state index in [0.717, 1.165) is 12.8 Å². The molecule has 5 rings (SSSR count). The van der Waals surface area contributed by atoms with E-state index < -0.39 is 25.5 Å². The zero-order chi connectivity index (χ0) is 27.4. The number of carbonyl (C=O) groups excluding carboxylic acids is 2. The van der Waals surface area contributed by atoms with Gasteiger partial charge in [0.15, 0.2) is 17.3 Å². The molecule has 1 aliphatic carbocycles. The molecule has 0 unspecified atom stereocenters. The Morgan fingerprint density at radius 1 is 1.26 bits per heavy atom. The predicted octanol–water partition coefficient (Wildman–Crippen LogP) is 2.49. The molecule has 14 heteroatoms. The molecule has 1 saturated carbocycles. The van der Waals surface area contributed by atoms with Gasteiger partial charge in [-0.2, -0.15) is 13.5 Å². The van der Waals surface area contributed by atoms with Crippen molar-refractivity contribution in [3.05, 3.63) is 29.7 Å². The molecule has 0 aromatic carbocycles. The van der Waals surface area contributed by atoms with Gasteiger partial charge in [-0.25, -0.2) is 4.98 Å². The second kappa shape index (κ2) is 8.52. The molecule has 3 N–H and O–H groups in total. The van der Waals surface area contributed by atoms with E-state index >= 15 is 0 Å². The van der Waals surface area contributed by atoms with E-state index in [1.54, 1.807) is 24.9 Å². The van der Waals surface area contributed by atoms with Crippen LogP contribution in [-0.4, -0.2) is 56.0 Å². The Balaban J connectivity index is 1.57. The number of amides is 2. The number of fused-ring (bicyclic) bond motifs is 3. The smallest absolute Gasteiger partial charge is 0.334 e. The third-order valence-corrected chi connectivity index (χ3v) is 6.00. The lowest BCUT2D eigenvalue weighted by molar-refractivity contribution is -0.117. The summed E-state index contributed by atoms with van der Waals surface area (Å²) in [5.74, 6) is -1.16. The largest absolute Gasteiger partial charge is 0.363 e. The number of rotatable bonds is 6. The number of aromatic nitrogens is 6. The minimum atomic E-state index is -2.88. The molecule has 1 fully saturated rings. The molecule has 0 saturated heterocycles. The van der Waals surface area contributed by atoms with Gasteiger partial charge in [0.1, 0.15) is 5.69 Å². The third kappa shape index (κ3) is 3.90. The van der Waals surface area contributed by atoms with E-state index in [4.69, 9.17) is 4.11 Å². The Labute approximate surface area is 202 Å². The van der Waals surface area contributed by atoms with Crippen LogP contribution in [0.15, 0.2) is 18.3 Å². The van der Waals surface area contributed by atoms with E-state index in [2.05, 4.69) is 36.1 Å². The number of carbonyl (C=O) groups is 2. The van der Waals surface area contributed by atoms with Gasteiger partial charge in [0.05, 0.1) is 23.1 Å². The molecule has 0 radical (unpaired) electrons. The predicted molar refractivity (Wildman–Crippen MR) is 121 cm³/mol. The van der Waals surface area contributed by atoms with Crippen molar-refractivity contribution in [3.63, 3.8) is 0 Å². The highest BCUT2D eigenvalue weighted by Gasteiger charge is 2.35. The van der Waals surface area contributed by atoms with Crippen LogP contribution >= 0.6 is 0 Å². The van der Waals surface area contributed by atoms with E-state index in [1.807, 2.05) is 5.32 Å². The summed E-state index contributed by atoms with van der Waals surface area (Å²) in [5.41, 5.74) is 1.05. The SMILES string of the molecule is [2H]C([2H])([2H])NC(=O)c1nnc(NC(=O)C2CC2)cc1Nc1nccc2c1N(C)[C@H](C)c1c-2nnn1C(F)F. The first-order chi connectivity index (χ1) is 17.9. The van der Waals surface area contributed by atoms with E-state index in [0.29, 0.717) is 15.9 Å². The summed E-state index contributed by atoms with van der Waals surface area (Å²) in [6.07, 6.45) is 2.93. The van der Waals surface area contributed by atoms with Crippen LogP contribution in [0.3, 0.4) is 0 Å². The van der Waals surface area contributed by atoms with E-state index in [9.17, 15) is 18.4 Å². The third-order valence-electron chi connectivity index (χ3n) is 6.00. The normalized spacial score (nSPS) is 18.1. The molecule has 3 aromatic heterocycles. The first-order valence-corrected chi connectivity index (χ1v) is 10.7. The standard InChI is InChI=1S/C21H22F2N10O2/c1-9-16-14(30-31-33(16)21(22)23)11-6-7-25-18(17(11)32(9)3)26-12-8-13(27-19(34)10-4-5-10)28-29-15(12)20(35)24-2/h6-10,21H,4-5H2,1-3H3,(H,24,35)(H2,25,26,27,28,34)/t9-/m1/s1/i2D3. The summed E-state index contributed by atoms with van der Waals surface area (Å²) >= 11 is 0. The maximum absolute atomic E-state index is 13.5. The van der Waals surface area contributed by atoms with Crippen molar-refractivity contribution in [1.82, 2.24) is 35.5 Å². The Morgan fingerprint density at radius 2 is 2.06 bits per heavy atom. The molecule has 12 nitrogen and oxygen atoms in total. The van der Waals surface area contributed by atoms with Gasteiger partial charge in [-0.3, -0.25) is 9.59 Å². The fourth-order valence-electron chi connectivity index (χ4n) is 3.97. The number of halogens is 2. The molecule has 4 heterocycles. The van der Waals surface area contributed by atoms with Gasteiger partial charge < -0.3 is 20.9 Å². The van der Waals surface area contributed by atoms with Gasteiger partial charge in [-0.05, 0) is 25.8 Å². The maximum Gasteiger partial charge on any atom is 0.334 e. The number of nitrogens with one attached hydrogen (secondary N) is 3. The molecule has 1 aliphatic heterocycles. The summed E-state index contributed by atoms with van der Waals surface area (Å²) in [6.45, 7) is -3.97. The van der Waals surface area contributed by atoms with Gasteiger partial charge in [0, 0.05) is 41.9 Å². The van der Waals surface area contributed by atoms with Gasteiger partial charge in [-0.1, -0.05) is 5.21 Å². The van der Waals surface area contributed by atoms with Crippen molar-refractivity contribution in [2.45, 2.75) is 32.4 Å². The lowest BCUT2D eigenvalue weighted by atomic mass is 9.98. The summed E-state index contributed by atoms with van der Waals surface area (Å²) < 4.78 is 49.7. The molecule has 3 aromatic rings. The molecule has 0 spiro atoms. The van der Waals surface area contributed by atoms with Crippen molar-refractivity contribution < 1.29 is 22.5 Å². The summed E-state index contributed by atoms with van der Waals surface area (Å²) in [7, 11) is 1.68. The van der Waals surface area contributed by atoms with Crippen molar-refractivity contribution >= 4 is 34.8 Å². The molecule has 35 heavy (non-hydrogen) atoms. The lowest BCUT2D eigenvalue weighted by Crippen LogP contribution is -2.29. The molecule has 1 atom stereocenters. The quantitative estimate of drug-likeness (QED) is 0.478. The van der Waals surface area contributed by atoms with Crippen molar-refractivity contribution in [1.29, 1.82) is 0 Å². The second-order valence-corrected chi connectivity index (χ2v) is 8.22. The number of anilines is 4.